The number of phenolic OH excluding ortho intramolecular Hbond substituents is 1. The maximum absolute atomic E-state index is 12.7. The van der Waals surface area contributed by atoms with Gasteiger partial charge in [0.25, 0.3) is 0 Å². The van der Waals surface area contributed by atoms with Crippen LogP contribution in [0.15, 0.2) is 83.7 Å². The van der Waals surface area contributed by atoms with Gasteiger partial charge >= 0.3 is 12.1 Å². The van der Waals surface area contributed by atoms with Crippen LogP contribution in [0.2, 0.25) is 0 Å². The third-order valence-corrected chi connectivity index (χ3v) is 8.91. The number of hydrogen-bond acceptors (Lipinski definition) is 8. The van der Waals surface area contributed by atoms with Crippen LogP contribution >= 0.6 is 0 Å². The number of benzene rings is 3. The van der Waals surface area contributed by atoms with Crippen molar-refractivity contribution in [3.8, 4) is 16.9 Å². The number of nitrogens with one attached hydrogen (secondary N) is 5. The van der Waals surface area contributed by atoms with E-state index in [0.717, 1.165) is 81.5 Å². The number of likely N-dealkylation sites (tertiary alicyclic amines) is 1. The second-order valence-electron chi connectivity index (χ2n) is 12.6. The molecule has 1 fully saturated rings. The number of aliphatic hydroxyl groups excluding tert-OH is 1. The van der Waals surface area contributed by atoms with Crippen LogP contribution in [-0.2, 0) is 4.74 Å². The number of phenols is 1. The van der Waals surface area contributed by atoms with E-state index in [1.54, 1.807) is 12.1 Å². The van der Waals surface area contributed by atoms with Gasteiger partial charge in [0.15, 0.2) is 0 Å². The first-order chi connectivity index (χ1) is 24.4. The molecule has 0 bridgehead atoms. The number of carbonyl (C=O) groups excluding carboxylic acids is 2. The number of pyridine rings is 1. The van der Waals surface area contributed by atoms with Gasteiger partial charge in [-0.1, -0.05) is 61.0 Å². The Kier molecular flexibility index (Phi) is 13.6. The molecule has 3 amide bonds. The number of urea groups is 1. The highest BCUT2D eigenvalue weighted by atomic mass is 16.6. The maximum atomic E-state index is 12.7. The lowest BCUT2D eigenvalue weighted by molar-refractivity contribution is 0.0587. The minimum Gasteiger partial charge on any atom is -0.506 e. The van der Waals surface area contributed by atoms with Crippen molar-refractivity contribution in [2.24, 2.45) is 0 Å². The smallest absolute Gasteiger partial charge is 0.411 e. The SMILES string of the molecule is O=C(NCCCCCNC[C@H](O)c1ccc(O)c2[nH]c(=O)ccc12)NCCCN1CCC(OC(=O)Nc2ccccc2-c2ccccc2)CC1. The molecule has 0 aliphatic carbocycles. The largest absolute Gasteiger partial charge is 0.506 e. The number of anilines is 1. The Morgan fingerprint density at radius 3 is 2.38 bits per heavy atom. The molecule has 1 saturated heterocycles. The van der Waals surface area contributed by atoms with Crippen molar-refractivity contribution in [1.29, 1.82) is 0 Å². The predicted octanol–water partition coefficient (Wildman–Crippen LogP) is 5.10. The van der Waals surface area contributed by atoms with Crippen LogP contribution in [0, 0.1) is 0 Å². The molecule has 0 saturated carbocycles. The molecule has 12 nitrogen and oxygen atoms in total. The number of fused-ring (bicyclic) bond motifs is 1. The van der Waals surface area contributed by atoms with E-state index < -0.39 is 12.2 Å². The van der Waals surface area contributed by atoms with E-state index in [1.165, 1.54) is 12.1 Å². The molecule has 12 heteroatoms. The lowest BCUT2D eigenvalue weighted by Gasteiger charge is -2.31. The van der Waals surface area contributed by atoms with Gasteiger partial charge in [-0.3, -0.25) is 10.1 Å². The Hall–Kier alpha value is -4.91. The number of H-pyrrole nitrogens is 1. The van der Waals surface area contributed by atoms with E-state index >= 15 is 0 Å². The molecule has 0 radical (unpaired) electrons. The fourth-order valence-electron chi connectivity index (χ4n) is 6.22. The minimum atomic E-state index is -0.789. The van der Waals surface area contributed by atoms with Crippen molar-refractivity contribution < 1.29 is 24.5 Å². The fourth-order valence-corrected chi connectivity index (χ4v) is 6.22. The summed E-state index contributed by atoms with van der Waals surface area (Å²) in [5, 5.41) is 33.3. The molecule has 1 aromatic heterocycles. The molecule has 266 valence electrons. The number of rotatable bonds is 16. The first-order valence-corrected chi connectivity index (χ1v) is 17.5. The normalized spacial score (nSPS) is 14.3. The molecule has 7 N–H and O–H groups in total. The second-order valence-corrected chi connectivity index (χ2v) is 12.6. The number of ether oxygens (including phenoxy) is 1. The number of amides is 3. The molecular weight excluding hydrogens is 636 g/mol. The third kappa shape index (κ3) is 10.8. The molecule has 1 aliphatic rings. The van der Waals surface area contributed by atoms with Gasteiger partial charge in [0, 0.05) is 49.7 Å². The molecule has 0 unspecified atom stereocenters. The van der Waals surface area contributed by atoms with Gasteiger partial charge in [0.1, 0.15) is 11.9 Å². The van der Waals surface area contributed by atoms with Gasteiger partial charge in [-0.15, -0.1) is 0 Å². The van der Waals surface area contributed by atoms with Gasteiger partial charge < -0.3 is 40.8 Å². The molecular formula is C38H48N6O6. The number of aromatic nitrogens is 1. The lowest BCUT2D eigenvalue weighted by Crippen LogP contribution is -2.41. The van der Waals surface area contributed by atoms with Crippen molar-refractivity contribution in [1.82, 2.24) is 25.8 Å². The maximum Gasteiger partial charge on any atom is 0.411 e. The summed E-state index contributed by atoms with van der Waals surface area (Å²) in [6.07, 6.45) is 3.71. The van der Waals surface area contributed by atoms with Gasteiger partial charge in [0.2, 0.25) is 5.56 Å². The standard InChI is InChI=1S/C38H48N6O6/c45-33-16-14-30(31-15-17-35(47)43-36(31)33)34(46)26-39-20-7-2-8-21-40-37(48)41-22-9-23-44-24-18-28(19-25-44)50-38(49)42-32-13-6-5-12-29(32)27-10-3-1-4-11-27/h1,3-6,10-17,28,34,39,45-46H,2,7-9,18-26H2,(H,42,49)(H,43,47)(H2,40,41,48)/t34-/m0/s1. The molecule has 4 aromatic rings. The zero-order valence-electron chi connectivity index (χ0n) is 28.3. The summed E-state index contributed by atoms with van der Waals surface area (Å²) in [5.41, 5.74) is 3.34. The van der Waals surface area contributed by atoms with Crippen LogP contribution in [0.1, 0.15) is 50.2 Å². The van der Waals surface area contributed by atoms with Crippen molar-refractivity contribution in [3.63, 3.8) is 0 Å². The molecule has 50 heavy (non-hydrogen) atoms. The number of carbonyl (C=O) groups is 2. The summed E-state index contributed by atoms with van der Waals surface area (Å²) in [6, 6.07) is 23.6. The number of para-hydroxylation sites is 1. The monoisotopic (exact) mass is 684 g/mol. The van der Waals surface area contributed by atoms with Crippen molar-refractivity contribution in [2.75, 3.05) is 51.1 Å². The zero-order chi connectivity index (χ0) is 35.1. The number of unbranched alkanes of at least 4 members (excludes halogenated alkanes) is 2. The van der Waals surface area contributed by atoms with E-state index in [4.69, 9.17) is 4.74 Å². The molecule has 0 spiro atoms. The first kappa shape index (κ1) is 36.4. The predicted molar refractivity (Wildman–Crippen MR) is 195 cm³/mol. The number of hydrogen-bond donors (Lipinski definition) is 7. The summed E-state index contributed by atoms with van der Waals surface area (Å²) in [7, 11) is 0. The Morgan fingerprint density at radius 1 is 0.860 bits per heavy atom. The molecule has 2 heterocycles. The van der Waals surface area contributed by atoms with E-state index in [2.05, 4.69) is 31.2 Å². The van der Waals surface area contributed by atoms with E-state index in [0.29, 0.717) is 36.1 Å². The van der Waals surface area contributed by atoms with Crippen LogP contribution in [0.4, 0.5) is 15.3 Å². The number of aromatic hydroxyl groups is 1. The van der Waals surface area contributed by atoms with Crippen LogP contribution in [0.25, 0.3) is 22.0 Å². The summed E-state index contributed by atoms with van der Waals surface area (Å²) >= 11 is 0. The van der Waals surface area contributed by atoms with Crippen LogP contribution in [-0.4, -0.2) is 84.1 Å². The zero-order valence-corrected chi connectivity index (χ0v) is 28.3. The summed E-state index contributed by atoms with van der Waals surface area (Å²) in [5.74, 6) is -0.0338. The van der Waals surface area contributed by atoms with E-state index in [9.17, 15) is 24.6 Å². The van der Waals surface area contributed by atoms with E-state index in [1.807, 2.05) is 54.6 Å². The van der Waals surface area contributed by atoms with Gasteiger partial charge in [0.05, 0.1) is 17.3 Å². The average Bonchev–Trinajstić information content (AvgIpc) is 3.12. The Labute approximate surface area is 292 Å². The van der Waals surface area contributed by atoms with Gasteiger partial charge in [-0.25, -0.2) is 9.59 Å². The highest BCUT2D eigenvalue weighted by Crippen LogP contribution is 2.29. The van der Waals surface area contributed by atoms with E-state index in [-0.39, 0.29) is 23.4 Å². The highest BCUT2D eigenvalue weighted by molar-refractivity contribution is 5.91. The number of piperidine rings is 1. The number of aliphatic hydroxyl groups is 1. The van der Waals surface area contributed by atoms with Crippen LogP contribution in [0.3, 0.4) is 0 Å². The number of nitrogens with zero attached hydrogens (tertiary/aromatic N) is 1. The Morgan fingerprint density at radius 2 is 1.58 bits per heavy atom. The second kappa shape index (κ2) is 18.7. The highest BCUT2D eigenvalue weighted by Gasteiger charge is 2.22. The Bertz CT molecular complexity index is 1740. The molecule has 1 atom stereocenters. The van der Waals surface area contributed by atoms with Crippen molar-refractivity contribution in [3.05, 3.63) is 94.8 Å². The van der Waals surface area contributed by atoms with Crippen molar-refractivity contribution in [2.45, 2.75) is 50.7 Å². The quantitative estimate of drug-likeness (QED) is 0.0801. The molecule has 5 rings (SSSR count). The van der Waals surface area contributed by atoms with Gasteiger partial charge in [-0.2, -0.15) is 0 Å². The lowest BCUT2D eigenvalue weighted by atomic mass is 10.0. The van der Waals surface area contributed by atoms with Crippen LogP contribution < -0.4 is 26.8 Å². The van der Waals surface area contributed by atoms with Gasteiger partial charge in [-0.05, 0) is 74.5 Å². The first-order valence-electron chi connectivity index (χ1n) is 17.5. The molecule has 1 aliphatic heterocycles. The van der Waals surface area contributed by atoms with Crippen LogP contribution in [0.5, 0.6) is 5.75 Å². The topological polar surface area (TPSA) is 168 Å². The molecule has 3 aromatic carbocycles. The average molecular weight is 685 g/mol. The summed E-state index contributed by atoms with van der Waals surface area (Å²) in [4.78, 5) is 41.4. The van der Waals surface area contributed by atoms with Crippen molar-refractivity contribution >= 4 is 28.7 Å². The number of aromatic amines is 1. The Balaban J connectivity index is 0.865. The minimum absolute atomic E-state index is 0.0338. The summed E-state index contributed by atoms with van der Waals surface area (Å²) in [6.45, 7) is 4.79. The summed E-state index contributed by atoms with van der Waals surface area (Å²) < 4.78 is 5.74. The fraction of sp³-hybridized carbons (Fsp3) is 0.395. The third-order valence-electron chi connectivity index (χ3n) is 8.91.